The van der Waals surface area contributed by atoms with Gasteiger partial charge in [-0.25, -0.2) is 4.39 Å². The second-order valence-electron chi connectivity index (χ2n) is 4.01. The fourth-order valence-corrected chi connectivity index (χ4v) is 1.78. The lowest BCUT2D eigenvalue weighted by Crippen LogP contribution is -2.01. The quantitative estimate of drug-likeness (QED) is 0.853. The standard InChI is InChI=1S/C14H13ClFNO/c1-9-3-2-4-13(14(9)17)18-8-10-7-11(15)5-6-12(10)16/h2-7H,8,17H2,1H3. The molecular weight excluding hydrogens is 253 g/mol. The number of anilines is 1. The van der Waals surface area contributed by atoms with E-state index in [0.29, 0.717) is 22.0 Å². The fourth-order valence-electron chi connectivity index (χ4n) is 1.59. The van der Waals surface area contributed by atoms with Crippen molar-refractivity contribution >= 4 is 17.3 Å². The molecular formula is C14H13ClFNO. The third-order valence-electron chi connectivity index (χ3n) is 2.68. The smallest absolute Gasteiger partial charge is 0.142 e. The number of rotatable bonds is 3. The maximum atomic E-state index is 13.5. The minimum atomic E-state index is -0.342. The van der Waals surface area contributed by atoms with Gasteiger partial charge in [0.25, 0.3) is 0 Å². The Kier molecular flexibility index (Phi) is 3.72. The van der Waals surface area contributed by atoms with Gasteiger partial charge in [-0.15, -0.1) is 0 Å². The van der Waals surface area contributed by atoms with Gasteiger partial charge in [-0.2, -0.15) is 0 Å². The molecule has 0 aliphatic rings. The van der Waals surface area contributed by atoms with E-state index >= 15 is 0 Å². The third kappa shape index (κ3) is 2.74. The SMILES string of the molecule is Cc1cccc(OCc2cc(Cl)ccc2F)c1N. The van der Waals surface area contributed by atoms with Gasteiger partial charge in [0.15, 0.2) is 0 Å². The Balaban J connectivity index is 2.16. The van der Waals surface area contributed by atoms with Crippen LogP contribution in [0.4, 0.5) is 10.1 Å². The van der Waals surface area contributed by atoms with E-state index in [0.717, 1.165) is 5.56 Å². The van der Waals surface area contributed by atoms with Gasteiger partial charge in [0.1, 0.15) is 18.2 Å². The second kappa shape index (κ2) is 5.27. The molecule has 0 bridgehead atoms. The van der Waals surface area contributed by atoms with Crippen LogP contribution in [0.3, 0.4) is 0 Å². The number of hydrogen-bond donors (Lipinski definition) is 1. The summed E-state index contributed by atoms with van der Waals surface area (Å²) in [6.07, 6.45) is 0. The van der Waals surface area contributed by atoms with Crippen LogP contribution in [0.5, 0.6) is 5.75 Å². The lowest BCUT2D eigenvalue weighted by atomic mass is 10.2. The number of aryl methyl sites for hydroxylation is 1. The summed E-state index contributed by atoms with van der Waals surface area (Å²) in [7, 11) is 0. The minimum absolute atomic E-state index is 0.0973. The number of para-hydroxylation sites is 1. The summed E-state index contributed by atoms with van der Waals surface area (Å²) in [5, 5.41) is 0.479. The first-order valence-corrected chi connectivity index (χ1v) is 5.87. The van der Waals surface area contributed by atoms with Crippen molar-refractivity contribution < 1.29 is 9.13 Å². The van der Waals surface area contributed by atoms with Crippen LogP contribution in [0, 0.1) is 12.7 Å². The fraction of sp³-hybridized carbons (Fsp3) is 0.143. The van der Waals surface area contributed by atoms with Gasteiger partial charge in [0, 0.05) is 10.6 Å². The first kappa shape index (κ1) is 12.7. The highest BCUT2D eigenvalue weighted by molar-refractivity contribution is 6.30. The molecule has 0 amide bonds. The average Bonchev–Trinajstić information content (AvgIpc) is 2.35. The van der Waals surface area contributed by atoms with Crippen molar-refractivity contribution in [2.75, 3.05) is 5.73 Å². The summed E-state index contributed by atoms with van der Waals surface area (Å²) in [5.41, 5.74) is 7.77. The zero-order valence-electron chi connectivity index (χ0n) is 9.91. The third-order valence-corrected chi connectivity index (χ3v) is 2.91. The Morgan fingerprint density at radius 1 is 1.28 bits per heavy atom. The molecule has 0 aliphatic carbocycles. The van der Waals surface area contributed by atoms with Crippen molar-refractivity contribution in [1.29, 1.82) is 0 Å². The van der Waals surface area contributed by atoms with E-state index in [9.17, 15) is 4.39 Å². The van der Waals surface area contributed by atoms with Crippen molar-refractivity contribution in [3.05, 3.63) is 58.4 Å². The highest BCUT2D eigenvalue weighted by atomic mass is 35.5. The summed E-state index contributed by atoms with van der Waals surface area (Å²) in [4.78, 5) is 0. The number of hydrogen-bond acceptors (Lipinski definition) is 2. The van der Waals surface area contributed by atoms with Gasteiger partial charge in [0.05, 0.1) is 5.69 Å². The minimum Gasteiger partial charge on any atom is -0.487 e. The molecule has 0 saturated heterocycles. The summed E-state index contributed by atoms with van der Waals surface area (Å²) in [6, 6.07) is 9.85. The van der Waals surface area contributed by atoms with E-state index < -0.39 is 0 Å². The lowest BCUT2D eigenvalue weighted by Gasteiger charge is -2.11. The summed E-state index contributed by atoms with van der Waals surface area (Å²) in [6.45, 7) is 1.99. The van der Waals surface area contributed by atoms with E-state index in [1.807, 2.05) is 19.1 Å². The van der Waals surface area contributed by atoms with E-state index in [-0.39, 0.29) is 12.4 Å². The summed E-state index contributed by atoms with van der Waals surface area (Å²) < 4.78 is 19.0. The van der Waals surface area contributed by atoms with Crippen molar-refractivity contribution in [2.24, 2.45) is 0 Å². The molecule has 2 aromatic rings. The van der Waals surface area contributed by atoms with Gasteiger partial charge in [-0.05, 0) is 36.8 Å². The zero-order chi connectivity index (χ0) is 13.1. The maximum absolute atomic E-state index is 13.5. The Labute approximate surface area is 110 Å². The van der Waals surface area contributed by atoms with Crippen LogP contribution < -0.4 is 10.5 Å². The zero-order valence-corrected chi connectivity index (χ0v) is 10.7. The van der Waals surface area contributed by atoms with Crippen molar-refractivity contribution in [1.82, 2.24) is 0 Å². The van der Waals surface area contributed by atoms with Gasteiger partial charge in [0.2, 0.25) is 0 Å². The molecule has 2 N–H and O–H groups in total. The molecule has 0 heterocycles. The van der Waals surface area contributed by atoms with E-state index in [2.05, 4.69) is 0 Å². The predicted octanol–water partition coefficient (Wildman–Crippen LogP) is 3.95. The molecule has 0 radical (unpaired) electrons. The number of halogens is 2. The molecule has 0 fully saturated rings. The van der Waals surface area contributed by atoms with E-state index in [1.165, 1.54) is 12.1 Å². The molecule has 4 heteroatoms. The van der Waals surface area contributed by atoms with Gasteiger partial charge >= 0.3 is 0 Å². The number of ether oxygens (including phenoxy) is 1. The van der Waals surface area contributed by atoms with Gasteiger partial charge in [-0.3, -0.25) is 0 Å². The normalized spacial score (nSPS) is 10.4. The molecule has 18 heavy (non-hydrogen) atoms. The van der Waals surface area contributed by atoms with Gasteiger partial charge in [-0.1, -0.05) is 23.7 Å². The van der Waals surface area contributed by atoms with Crippen LogP contribution >= 0.6 is 11.6 Å². The van der Waals surface area contributed by atoms with Crippen LogP contribution in [0.25, 0.3) is 0 Å². The Bertz CT molecular complexity index is 570. The summed E-state index contributed by atoms with van der Waals surface area (Å²) in [5.74, 6) is 0.208. The summed E-state index contributed by atoms with van der Waals surface area (Å²) >= 11 is 5.81. The maximum Gasteiger partial charge on any atom is 0.142 e. The Hall–Kier alpha value is -1.74. The van der Waals surface area contributed by atoms with Crippen LogP contribution in [0.2, 0.25) is 5.02 Å². The van der Waals surface area contributed by atoms with Crippen molar-refractivity contribution in [2.45, 2.75) is 13.5 Å². The molecule has 2 aromatic carbocycles. The number of benzene rings is 2. The van der Waals surface area contributed by atoms with Crippen molar-refractivity contribution in [3.8, 4) is 5.75 Å². The highest BCUT2D eigenvalue weighted by Gasteiger charge is 2.06. The first-order valence-electron chi connectivity index (χ1n) is 5.50. The predicted molar refractivity (Wildman–Crippen MR) is 71.3 cm³/mol. The molecule has 2 nitrogen and oxygen atoms in total. The van der Waals surface area contributed by atoms with Gasteiger partial charge < -0.3 is 10.5 Å². The first-order chi connectivity index (χ1) is 8.58. The van der Waals surface area contributed by atoms with E-state index in [4.69, 9.17) is 22.1 Å². The Morgan fingerprint density at radius 2 is 2.06 bits per heavy atom. The van der Waals surface area contributed by atoms with Crippen LogP contribution in [0.1, 0.15) is 11.1 Å². The molecule has 0 atom stereocenters. The van der Waals surface area contributed by atoms with Crippen LogP contribution in [-0.2, 0) is 6.61 Å². The second-order valence-corrected chi connectivity index (χ2v) is 4.45. The van der Waals surface area contributed by atoms with Crippen molar-refractivity contribution in [3.63, 3.8) is 0 Å². The molecule has 0 saturated carbocycles. The Morgan fingerprint density at radius 3 is 2.83 bits per heavy atom. The molecule has 0 aromatic heterocycles. The topological polar surface area (TPSA) is 35.2 Å². The number of nitrogen functional groups attached to an aromatic ring is 1. The highest BCUT2D eigenvalue weighted by Crippen LogP contribution is 2.26. The molecule has 94 valence electrons. The lowest BCUT2D eigenvalue weighted by molar-refractivity contribution is 0.301. The van der Waals surface area contributed by atoms with Crippen LogP contribution in [-0.4, -0.2) is 0 Å². The molecule has 0 aliphatic heterocycles. The van der Waals surface area contributed by atoms with Crippen LogP contribution in [0.15, 0.2) is 36.4 Å². The monoisotopic (exact) mass is 265 g/mol. The number of nitrogens with two attached hydrogens (primary N) is 1. The molecule has 0 spiro atoms. The average molecular weight is 266 g/mol. The van der Waals surface area contributed by atoms with E-state index in [1.54, 1.807) is 12.1 Å². The largest absolute Gasteiger partial charge is 0.487 e. The molecule has 2 rings (SSSR count). The molecule has 0 unspecified atom stereocenters.